The van der Waals surface area contributed by atoms with Crippen LogP contribution in [0.1, 0.15) is 0 Å². The summed E-state index contributed by atoms with van der Waals surface area (Å²) >= 11 is 0. The minimum absolute atomic E-state index is 0.00526. The molecular formula is C13H16N4O. The van der Waals surface area contributed by atoms with Gasteiger partial charge in [-0.05, 0) is 6.07 Å². The molecule has 2 aromatic rings. The summed E-state index contributed by atoms with van der Waals surface area (Å²) in [4.78, 5) is 13.1. The highest BCUT2D eigenvalue weighted by atomic mass is 16.2. The molecule has 0 saturated heterocycles. The summed E-state index contributed by atoms with van der Waals surface area (Å²) < 4.78 is 1.62. The van der Waals surface area contributed by atoms with E-state index in [1.165, 1.54) is 4.90 Å². The average Bonchev–Trinajstić information content (AvgIpc) is 2.77. The number of nitrogens with zero attached hydrogens (tertiary/aromatic N) is 3. The molecule has 1 aromatic carbocycles. The third kappa shape index (κ3) is 2.51. The van der Waals surface area contributed by atoms with E-state index >= 15 is 0 Å². The van der Waals surface area contributed by atoms with Crippen LogP contribution in [-0.4, -0.2) is 34.7 Å². The lowest BCUT2D eigenvalue weighted by molar-refractivity contribution is -0.129. The summed E-state index contributed by atoms with van der Waals surface area (Å²) in [7, 11) is 3.45. The smallest absolute Gasteiger partial charge is 0.243 e. The lowest BCUT2D eigenvalue weighted by atomic mass is 10.1. The van der Waals surface area contributed by atoms with E-state index in [0.717, 1.165) is 11.1 Å². The minimum Gasteiger partial charge on any atom is -0.398 e. The predicted molar refractivity (Wildman–Crippen MR) is 70.8 cm³/mol. The van der Waals surface area contributed by atoms with E-state index < -0.39 is 0 Å². The molecular weight excluding hydrogens is 228 g/mol. The number of rotatable bonds is 3. The van der Waals surface area contributed by atoms with Crippen molar-refractivity contribution in [2.45, 2.75) is 6.54 Å². The third-order valence-electron chi connectivity index (χ3n) is 2.70. The number of nitrogen functional groups attached to an aromatic ring is 1. The van der Waals surface area contributed by atoms with Crippen molar-refractivity contribution in [3.63, 3.8) is 0 Å². The first-order valence-electron chi connectivity index (χ1n) is 5.65. The van der Waals surface area contributed by atoms with Gasteiger partial charge in [0.1, 0.15) is 6.54 Å². The molecule has 2 rings (SSSR count). The molecule has 1 heterocycles. The third-order valence-corrected chi connectivity index (χ3v) is 2.70. The second-order valence-corrected chi connectivity index (χ2v) is 4.30. The van der Waals surface area contributed by atoms with Gasteiger partial charge in [0.25, 0.3) is 0 Å². The van der Waals surface area contributed by atoms with E-state index in [-0.39, 0.29) is 12.5 Å². The first-order valence-corrected chi connectivity index (χ1v) is 5.65. The van der Waals surface area contributed by atoms with Gasteiger partial charge in [-0.2, -0.15) is 5.10 Å². The van der Waals surface area contributed by atoms with Crippen LogP contribution in [0.2, 0.25) is 0 Å². The zero-order valence-electron chi connectivity index (χ0n) is 10.5. The summed E-state index contributed by atoms with van der Waals surface area (Å²) in [5.74, 6) is 0.00526. The Kier molecular flexibility index (Phi) is 3.32. The van der Waals surface area contributed by atoms with E-state index in [0.29, 0.717) is 5.69 Å². The Morgan fingerprint density at radius 3 is 2.78 bits per heavy atom. The Balaban J connectivity index is 2.21. The van der Waals surface area contributed by atoms with Gasteiger partial charge in [0.2, 0.25) is 5.91 Å². The second kappa shape index (κ2) is 4.91. The van der Waals surface area contributed by atoms with Crippen molar-refractivity contribution >= 4 is 11.6 Å². The Bertz CT molecular complexity index is 560. The van der Waals surface area contributed by atoms with Gasteiger partial charge in [-0.1, -0.05) is 18.2 Å². The zero-order chi connectivity index (χ0) is 13.1. The van der Waals surface area contributed by atoms with Gasteiger partial charge in [-0.15, -0.1) is 0 Å². The molecule has 0 atom stereocenters. The van der Waals surface area contributed by atoms with Crippen LogP contribution in [0, 0.1) is 0 Å². The van der Waals surface area contributed by atoms with Crippen LogP contribution in [0.3, 0.4) is 0 Å². The van der Waals surface area contributed by atoms with Gasteiger partial charge < -0.3 is 10.6 Å². The molecule has 0 radical (unpaired) electrons. The number of para-hydroxylation sites is 1. The van der Waals surface area contributed by atoms with E-state index in [9.17, 15) is 4.79 Å². The molecule has 0 bridgehead atoms. The molecule has 0 fully saturated rings. The number of carbonyl (C=O) groups excluding carboxylic acids is 1. The molecule has 0 aliphatic rings. The molecule has 94 valence electrons. The first-order chi connectivity index (χ1) is 8.58. The van der Waals surface area contributed by atoms with Crippen LogP contribution in [0.4, 0.5) is 5.69 Å². The topological polar surface area (TPSA) is 64.2 Å². The van der Waals surface area contributed by atoms with Crippen LogP contribution < -0.4 is 5.73 Å². The number of anilines is 1. The van der Waals surface area contributed by atoms with Gasteiger partial charge in [-0.25, -0.2) is 0 Å². The van der Waals surface area contributed by atoms with Gasteiger partial charge in [0, 0.05) is 37.1 Å². The number of benzene rings is 1. The van der Waals surface area contributed by atoms with Crippen molar-refractivity contribution in [3.05, 3.63) is 36.7 Å². The molecule has 18 heavy (non-hydrogen) atoms. The maximum Gasteiger partial charge on any atom is 0.243 e. The molecule has 1 aromatic heterocycles. The van der Waals surface area contributed by atoms with Gasteiger partial charge in [0.05, 0.1) is 6.20 Å². The lowest BCUT2D eigenvalue weighted by Gasteiger charge is -2.09. The van der Waals surface area contributed by atoms with Crippen LogP contribution in [0.5, 0.6) is 0 Å². The fraction of sp³-hybridized carbons (Fsp3) is 0.231. The number of nitrogens with two attached hydrogens (primary N) is 1. The molecule has 0 unspecified atom stereocenters. The highest BCUT2D eigenvalue weighted by Crippen LogP contribution is 2.24. The van der Waals surface area contributed by atoms with E-state index in [2.05, 4.69) is 5.10 Å². The quantitative estimate of drug-likeness (QED) is 0.826. The van der Waals surface area contributed by atoms with Crippen molar-refractivity contribution in [3.8, 4) is 11.1 Å². The summed E-state index contributed by atoms with van der Waals surface area (Å²) in [5.41, 5.74) is 8.45. The maximum atomic E-state index is 11.6. The fourth-order valence-corrected chi connectivity index (χ4v) is 1.63. The van der Waals surface area contributed by atoms with Crippen molar-refractivity contribution in [2.24, 2.45) is 0 Å². The molecule has 1 amide bonds. The van der Waals surface area contributed by atoms with E-state index in [4.69, 9.17) is 5.73 Å². The van der Waals surface area contributed by atoms with Crippen LogP contribution in [-0.2, 0) is 11.3 Å². The Morgan fingerprint density at radius 1 is 1.39 bits per heavy atom. The molecule has 5 nitrogen and oxygen atoms in total. The largest absolute Gasteiger partial charge is 0.398 e. The number of aromatic nitrogens is 2. The van der Waals surface area contributed by atoms with E-state index in [1.807, 2.05) is 30.5 Å². The van der Waals surface area contributed by atoms with Crippen molar-refractivity contribution in [2.75, 3.05) is 19.8 Å². The molecule has 0 aliphatic carbocycles. The second-order valence-electron chi connectivity index (χ2n) is 4.30. The fourth-order valence-electron chi connectivity index (χ4n) is 1.63. The Hall–Kier alpha value is -2.30. The summed E-state index contributed by atoms with van der Waals surface area (Å²) in [6.45, 7) is 0.236. The summed E-state index contributed by atoms with van der Waals surface area (Å²) in [6.07, 6.45) is 3.54. The predicted octanol–water partition coefficient (Wildman–Crippen LogP) is 1.22. The highest BCUT2D eigenvalue weighted by molar-refractivity contribution is 5.77. The Labute approximate surface area is 106 Å². The number of hydrogen-bond acceptors (Lipinski definition) is 3. The van der Waals surface area contributed by atoms with E-state index in [1.54, 1.807) is 25.0 Å². The zero-order valence-corrected chi connectivity index (χ0v) is 10.5. The van der Waals surface area contributed by atoms with Gasteiger partial charge >= 0.3 is 0 Å². The number of likely N-dealkylation sites (N-methyl/N-ethyl adjacent to an activating group) is 1. The van der Waals surface area contributed by atoms with Gasteiger partial charge in [0.15, 0.2) is 0 Å². The maximum absolute atomic E-state index is 11.6. The van der Waals surface area contributed by atoms with Crippen molar-refractivity contribution < 1.29 is 4.79 Å². The molecule has 2 N–H and O–H groups in total. The van der Waals surface area contributed by atoms with Crippen molar-refractivity contribution in [1.29, 1.82) is 0 Å². The van der Waals surface area contributed by atoms with Crippen molar-refractivity contribution in [1.82, 2.24) is 14.7 Å². The van der Waals surface area contributed by atoms with Gasteiger partial charge in [-0.3, -0.25) is 9.48 Å². The molecule has 0 aliphatic heterocycles. The summed E-state index contributed by atoms with van der Waals surface area (Å²) in [6, 6.07) is 7.59. The molecule has 5 heteroatoms. The monoisotopic (exact) mass is 244 g/mol. The SMILES string of the molecule is CN(C)C(=O)Cn1cc(-c2ccccc2N)cn1. The molecule has 0 saturated carbocycles. The first kappa shape index (κ1) is 12.2. The summed E-state index contributed by atoms with van der Waals surface area (Å²) in [5, 5.41) is 4.17. The lowest BCUT2D eigenvalue weighted by Crippen LogP contribution is -2.26. The standard InChI is InChI=1S/C13H16N4O/c1-16(2)13(18)9-17-8-10(7-15-17)11-5-3-4-6-12(11)14/h3-8H,9,14H2,1-2H3. The highest BCUT2D eigenvalue weighted by Gasteiger charge is 2.08. The average molecular weight is 244 g/mol. The number of hydrogen-bond donors (Lipinski definition) is 1. The minimum atomic E-state index is 0.00526. The Morgan fingerprint density at radius 2 is 2.11 bits per heavy atom. The van der Waals surface area contributed by atoms with Crippen LogP contribution in [0.15, 0.2) is 36.7 Å². The normalized spacial score (nSPS) is 10.3. The van der Waals surface area contributed by atoms with Crippen LogP contribution >= 0.6 is 0 Å². The number of carbonyl (C=O) groups is 1. The molecule has 0 spiro atoms. The van der Waals surface area contributed by atoms with Crippen LogP contribution in [0.25, 0.3) is 11.1 Å². The number of amides is 1.